The number of nitrogen functional groups attached to an aromatic ring is 1. The summed E-state index contributed by atoms with van der Waals surface area (Å²) < 4.78 is 4.82. The number of hydrogen-bond donors (Lipinski definition) is 2. The Morgan fingerprint density at radius 2 is 2.05 bits per heavy atom. The largest absolute Gasteiger partial charge is 0.389 e. The molecule has 100 valence electrons. The molecule has 20 heavy (non-hydrogen) atoms. The first-order valence-corrected chi connectivity index (χ1v) is 6.54. The lowest BCUT2D eigenvalue weighted by Gasteiger charge is -1.99. The number of benzene rings is 1. The molecule has 0 saturated heterocycles. The molecule has 0 aliphatic carbocycles. The average Bonchev–Trinajstić information content (AvgIpc) is 3.08. The minimum absolute atomic E-state index is 0.108. The van der Waals surface area contributed by atoms with Gasteiger partial charge in [-0.15, -0.1) is 0 Å². The van der Waals surface area contributed by atoms with E-state index in [1.807, 2.05) is 24.3 Å². The smallest absolute Gasteiger partial charge is 0.270 e. The van der Waals surface area contributed by atoms with Gasteiger partial charge in [0.05, 0.1) is 0 Å². The van der Waals surface area contributed by atoms with Crippen molar-refractivity contribution in [1.82, 2.24) is 10.1 Å². The number of nitrogens with two attached hydrogens (primary N) is 2. The molecular weight excluding hydrogens is 276 g/mol. The molecule has 0 atom stereocenters. The molecule has 0 saturated carbocycles. The molecule has 0 unspecified atom stereocenters. The summed E-state index contributed by atoms with van der Waals surface area (Å²) in [4.78, 5) is 15.4. The van der Waals surface area contributed by atoms with E-state index in [1.54, 1.807) is 6.07 Å². The lowest BCUT2D eigenvalue weighted by Crippen LogP contribution is -2.13. The molecule has 2 aromatic heterocycles. The summed E-state index contributed by atoms with van der Waals surface area (Å²) in [5.74, 6) is -0.627. The number of rotatable bonds is 3. The van der Waals surface area contributed by atoms with Crippen LogP contribution in [0, 0.1) is 0 Å². The molecule has 4 N–H and O–H groups in total. The van der Waals surface area contributed by atoms with E-state index in [9.17, 15) is 4.79 Å². The van der Waals surface area contributed by atoms with Crippen LogP contribution in [0.4, 0.5) is 5.00 Å². The summed E-state index contributed by atoms with van der Waals surface area (Å²) in [6, 6.07) is 9.34. The minimum Gasteiger partial charge on any atom is -0.389 e. The lowest BCUT2D eigenvalue weighted by molar-refractivity contribution is 0.0997. The van der Waals surface area contributed by atoms with Crippen molar-refractivity contribution in [2.75, 3.05) is 5.73 Å². The number of aromatic nitrogens is 2. The highest BCUT2D eigenvalue weighted by Gasteiger charge is 2.15. The Hall–Kier alpha value is -2.67. The Kier molecular flexibility index (Phi) is 2.96. The van der Waals surface area contributed by atoms with E-state index >= 15 is 0 Å². The first-order chi connectivity index (χ1) is 9.65. The Labute approximate surface area is 118 Å². The summed E-state index contributed by atoms with van der Waals surface area (Å²) in [7, 11) is 0. The third kappa shape index (κ3) is 2.14. The maximum atomic E-state index is 11.2. The molecule has 0 radical (unpaired) electrons. The Morgan fingerprint density at radius 3 is 2.70 bits per heavy atom. The average molecular weight is 286 g/mol. The standard InChI is InChI=1S/C13H10N4O2S/c14-11(18)10-12(15)20-13(16-10)8-3-1-2-7(6-8)9-4-5-19-17-9/h1-6H,15H2,(H2,14,18). The number of carbonyl (C=O) groups is 1. The van der Waals surface area contributed by atoms with Gasteiger partial charge in [-0.25, -0.2) is 4.98 Å². The lowest BCUT2D eigenvalue weighted by atomic mass is 10.1. The maximum Gasteiger partial charge on any atom is 0.270 e. The third-order valence-electron chi connectivity index (χ3n) is 2.73. The van der Waals surface area contributed by atoms with Crippen LogP contribution < -0.4 is 11.5 Å². The molecule has 0 aliphatic rings. The van der Waals surface area contributed by atoms with E-state index in [-0.39, 0.29) is 5.69 Å². The minimum atomic E-state index is -0.627. The first-order valence-electron chi connectivity index (χ1n) is 5.72. The highest BCUT2D eigenvalue weighted by Crippen LogP contribution is 2.31. The predicted octanol–water partition coefficient (Wildman–Crippen LogP) is 2.15. The molecule has 0 bridgehead atoms. The topological polar surface area (TPSA) is 108 Å². The van der Waals surface area contributed by atoms with Gasteiger partial charge in [-0.1, -0.05) is 34.7 Å². The molecule has 0 spiro atoms. The van der Waals surface area contributed by atoms with Crippen molar-refractivity contribution >= 4 is 22.2 Å². The number of amides is 1. The van der Waals surface area contributed by atoms with Gasteiger partial charge in [-0.05, 0) is 6.07 Å². The third-order valence-corrected chi connectivity index (χ3v) is 3.66. The van der Waals surface area contributed by atoms with E-state index in [4.69, 9.17) is 16.0 Å². The fourth-order valence-electron chi connectivity index (χ4n) is 1.80. The number of anilines is 1. The monoisotopic (exact) mass is 286 g/mol. The molecule has 1 amide bonds. The highest BCUT2D eigenvalue weighted by atomic mass is 32.1. The zero-order valence-corrected chi connectivity index (χ0v) is 11.1. The molecule has 7 heteroatoms. The molecule has 3 aromatic rings. The van der Waals surface area contributed by atoms with Crippen molar-refractivity contribution < 1.29 is 9.32 Å². The van der Waals surface area contributed by atoms with Gasteiger partial charge in [0, 0.05) is 17.2 Å². The van der Waals surface area contributed by atoms with Crippen LogP contribution in [-0.4, -0.2) is 16.0 Å². The number of hydrogen-bond acceptors (Lipinski definition) is 6. The fourth-order valence-corrected chi connectivity index (χ4v) is 2.64. The fraction of sp³-hybridized carbons (Fsp3) is 0. The molecule has 0 aliphatic heterocycles. The van der Waals surface area contributed by atoms with Crippen molar-refractivity contribution in [3.05, 3.63) is 42.3 Å². The van der Waals surface area contributed by atoms with Crippen LogP contribution in [0.1, 0.15) is 10.5 Å². The summed E-state index contributed by atoms with van der Waals surface area (Å²) >= 11 is 1.22. The van der Waals surface area contributed by atoms with Crippen molar-refractivity contribution in [3.8, 4) is 21.8 Å². The molecular formula is C13H10N4O2S. The number of primary amides is 1. The second-order valence-corrected chi connectivity index (χ2v) is 5.09. The van der Waals surface area contributed by atoms with Gasteiger partial charge in [0.1, 0.15) is 22.0 Å². The number of thiazole rings is 1. The van der Waals surface area contributed by atoms with Gasteiger partial charge in [-0.3, -0.25) is 4.79 Å². The van der Waals surface area contributed by atoms with Crippen LogP contribution in [-0.2, 0) is 0 Å². The van der Waals surface area contributed by atoms with Crippen LogP contribution in [0.15, 0.2) is 41.1 Å². The number of carbonyl (C=O) groups excluding carboxylic acids is 1. The molecule has 0 fully saturated rings. The van der Waals surface area contributed by atoms with Gasteiger partial charge in [0.15, 0.2) is 5.69 Å². The van der Waals surface area contributed by atoms with Crippen molar-refractivity contribution in [1.29, 1.82) is 0 Å². The van der Waals surface area contributed by atoms with Crippen LogP contribution >= 0.6 is 11.3 Å². The van der Waals surface area contributed by atoms with Crippen molar-refractivity contribution in [2.45, 2.75) is 0 Å². The highest BCUT2D eigenvalue weighted by molar-refractivity contribution is 7.19. The quantitative estimate of drug-likeness (QED) is 0.766. The van der Waals surface area contributed by atoms with Crippen LogP contribution in [0.5, 0.6) is 0 Å². The van der Waals surface area contributed by atoms with Gasteiger partial charge in [-0.2, -0.15) is 0 Å². The summed E-state index contributed by atoms with van der Waals surface area (Å²) in [6.45, 7) is 0. The summed E-state index contributed by atoms with van der Waals surface area (Å²) in [5.41, 5.74) is 13.5. The number of nitrogens with zero attached hydrogens (tertiary/aromatic N) is 2. The van der Waals surface area contributed by atoms with E-state index in [1.165, 1.54) is 17.6 Å². The Morgan fingerprint density at radius 1 is 1.25 bits per heavy atom. The Bertz CT molecular complexity index is 765. The molecule has 1 aromatic carbocycles. The molecule has 3 rings (SSSR count). The summed E-state index contributed by atoms with van der Waals surface area (Å²) in [5, 5.41) is 4.84. The zero-order chi connectivity index (χ0) is 14.1. The SMILES string of the molecule is NC(=O)c1nc(-c2cccc(-c3ccon3)c2)sc1N. The van der Waals surface area contributed by atoms with E-state index in [2.05, 4.69) is 10.1 Å². The van der Waals surface area contributed by atoms with Crippen molar-refractivity contribution in [2.24, 2.45) is 5.73 Å². The van der Waals surface area contributed by atoms with E-state index in [0.29, 0.717) is 10.0 Å². The predicted molar refractivity (Wildman–Crippen MR) is 76.0 cm³/mol. The van der Waals surface area contributed by atoms with Gasteiger partial charge >= 0.3 is 0 Å². The summed E-state index contributed by atoms with van der Waals surface area (Å²) in [6.07, 6.45) is 1.51. The van der Waals surface area contributed by atoms with Crippen LogP contribution in [0.25, 0.3) is 21.8 Å². The van der Waals surface area contributed by atoms with Gasteiger partial charge in [0.2, 0.25) is 0 Å². The first kappa shape index (κ1) is 12.4. The normalized spacial score (nSPS) is 10.6. The molecule has 6 nitrogen and oxygen atoms in total. The van der Waals surface area contributed by atoms with Crippen LogP contribution in [0.3, 0.4) is 0 Å². The van der Waals surface area contributed by atoms with Gasteiger partial charge in [0.25, 0.3) is 5.91 Å². The second kappa shape index (κ2) is 4.78. The van der Waals surface area contributed by atoms with E-state index < -0.39 is 5.91 Å². The van der Waals surface area contributed by atoms with E-state index in [0.717, 1.165) is 16.8 Å². The zero-order valence-electron chi connectivity index (χ0n) is 10.2. The molecule has 2 heterocycles. The van der Waals surface area contributed by atoms with Gasteiger partial charge < -0.3 is 16.0 Å². The van der Waals surface area contributed by atoms with Crippen LogP contribution in [0.2, 0.25) is 0 Å². The van der Waals surface area contributed by atoms with Crippen molar-refractivity contribution in [3.63, 3.8) is 0 Å². The second-order valence-electron chi connectivity index (χ2n) is 4.06. The Balaban J connectivity index is 2.05. The maximum absolute atomic E-state index is 11.2.